The maximum atomic E-state index is 13.3. The Balaban J connectivity index is 1.91. The van der Waals surface area contributed by atoms with Gasteiger partial charge in [-0.15, -0.1) is 10.2 Å². The van der Waals surface area contributed by atoms with Crippen LogP contribution in [-0.2, 0) is 4.79 Å². The lowest BCUT2D eigenvalue weighted by atomic mass is 10.2. The summed E-state index contributed by atoms with van der Waals surface area (Å²) < 4.78 is 8.40. The summed E-state index contributed by atoms with van der Waals surface area (Å²) in [7, 11) is 1.54. The number of carbonyl (C=O) groups is 2. The van der Waals surface area contributed by atoms with Gasteiger partial charge in [0, 0.05) is 6.07 Å². The minimum Gasteiger partial charge on any atom is -0.497 e. The summed E-state index contributed by atoms with van der Waals surface area (Å²) in [6, 6.07) is 13.1. The number of hydrogen-bond donors (Lipinski definition) is 2. The Morgan fingerprint density at radius 1 is 1.17 bits per heavy atom. The molecule has 3 N–H and O–H groups in total. The van der Waals surface area contributed by atoms with E-state index in [2.05, 4.69) is 10.2 Å². The van der Waals surface area contributed by atoms with Crippen LogP contribution < -0.4 is 21.3 Å². The lowest BCUT2D eigenvalue weighted by molar-refractivity contribution is -0.117. The second kappa shape index (κ2) is 7.87. The van der Waals surface area contributed by atoms with Gasteiger partial charge in [-0.25, -0.2) is 9.36 Å². The standard InChI is InChI=1S/C19H16N6O4S/c1-29-12-6-4-5-11(9-12)24-16(27)13-7-2-3-8-14(13)25-18(24)22-23-19(25)30-10-15(26)21-17(20)28/h2-9H,10H2,1H3,(H3,20,21,26,28). The molecule has 0 aliphatic heterocycles. The maximum absolute atomic E-state index is 13.3. The number of nitrogens with two attached hydrogens (primary N) is 1. The zero-order valence-electron chi connectivity index (χ0n) is 15.7. The van der Waals surface area contributed by atoms with E-state index in [0.717, 1.165) is 11.8 Å². The van der Waals surface area contributed by atoms with Crippen molar-refractivity contribution in [3.8, 4) is 11.4 Å². The third-order valence-electron chi connectivity index (χ3n) is 4.30. The number of primary amides is 1. The number of nitrogens with one attached hydrogen (secondary N) is 1. The second-order valence-corrected chi connectivity index (χ2v) is 7.12. The van der Waals surface area contributed by atoms with Crippen LogP contribution in [0, 0.1) is 0 Å². The van der Waals surface area contributed by atoms with Gasteiger partial charge in [0.15, 0.2) is 5.16 Å². The van der Waals surface area contributed by atoms with Gasteiger partial charge in [-0.3, -0.25) is 19.3 Å². The van der Waals surface area contributed by atoms with E-state index in [0.29, 0.717) is 27.5 Å². The Morgan fingerprint density at radius 3 is 2.73 bits per heavy atom. The molecule has 4 aromatic rings. The van der Waals surface area contributed by atoms with Gasteiger partial charge in [-0.05, 0) is 24.3 Å². The molecule has 2 heterocycles. The number of fused-ring (bicyclic) bond motifs is 3. The number of methoxy groups -OCH3 is 1. The van der Waals surface area contributed by atoms with Crippen LogP contribution in [0.15, 0.2) is 58.5 Å². The van der Waals surface area contributed by atoms with Crippen LogP contribution in [-0.4, -0.2) is 44.0 Å². The van der Waals surface area contributed by atoms with E-state index >= 15 is 0 Å². The average molecular weight is 424 g/mol. The maximum Gasteiger partial charge on any atom is 0.318 e. The summed E-state index contributed by atoms with van der Waals surface area (Å²) >= 11 is 1.07. The smallest absolute Gasteiger partial charge is 0.318 e. The molecule has 10 nitrogen and oxygen atoms in total. The molecule has 0 aliphatic carbocycles. The highest BCUT2D eigenvalue weighted by molar-refractivity contribution is 7.99. The Labute approximate surface area is 173 Å². The molecular weight excluding hydrogens is 408 g/mol. The number of rotatable bonds is 5. The molecule has 0 saturated heterocycles. The van der Waals surface area contributed by atoms with Gasteiger partial charge in [0.25, 0.3) is 5.56 Å². The van der Waals surface area contributed by atoms with Gasteiger partial charge in [0.2, 0.25) is 11.7 Å². The molecule has 0 bridgehead atoms. The normalized spacial score (nSPS) is 11.0. The highest BCUT2D eigenvalue weighted by Gasteiger charge is 2.19. The van der Waals surface area contributed by atoms with Crippen LogP contribution in [0.5, 0.6) is 5.75 Å². The van der Waals surface area contributed by atoms with E-state index in [-0.39, 0.29) is 17.1 Å². The molecule has 0 spiro atoms. The van der Waals surface area contributed by atoms with E-state index in [1.807, 2.05) is 5.32 Å². The fraction of sp³-hybridized carbons (Fsp3) is 0.105. The lowest BCUT2D eigenvalue weighted by Gasteiger charge is -2.12. The number of para-hydroxylation sites is 1. The van der Waals surface area contributed by atoms with Gasteiger partial charge >= 0.3 is 6.03 Å². The first-order chi connectivity index (χ1) is 14.5. The number of thioether (sulfide) groups is 1. The van der Waals surface area contributed by atoms with Crippen molar-refractivity contribution in [3.05, 3.63) is 58.9 Å². The Bertz CT molecular complexity index is 1350. The SMILES string of the molecule is COc1cccc(-n2c(=O)c3ccccc3n3c(SCC(=O)NC(N)=O)nnc23)c1. The van der Waals surface area contributed by atoms with Crippen LogP contribution >= 0.6 is 11.8 Å². The summed E-state index contributed by atoms with van der Waals surface area (Å²) in [6.07, 6.45) is 0. The molecule has 0 unspecified atom stereocenters. The molecule has 0 fully saturated rings. The van der Waals surface area contributed by atoms with Crippen molar-refractivity contribution in [2.45, 2.75) is 5.16 Å². The summed E-state index contributed by atoms with van der Waals surface area (Å²) in [5.41, 5.74) is 5.87. The zero-order valence-corrected chi connectivity index (χ0v) is 16.5. The van der Waals surface area contributed by atoms with Crippen LogP contribution in [0.3, 0.4) is 0 Å². The van der Waals surface area contributed by atoms with Crippen molar-refractivity contribution in [2.75, 3.05) is 12.9 Å². The van der Waals surface area contributed by atoms with Crippen molar-refractivity contribution < 1.29 is 14.3 Å². The van der Waals surface area contributed by atoms with Crippen LogP contribution in [0.4, 0.5) is 4.79 Å². The molecule has 0 aliphatic rings. The van der Waals surface area contributed by atoms with Crippen LogP contribution in [0.25, 0.3) is 22.4 Å². The third kappa shape index (κ3) is 3.46. The predicted octanol–water partition coefficient (Wildman–Crippen LogP) is 1.33. The molecule has 152 valence electrons. The quantitative estimate of drug-likeness (QED) is 0.462. The summed E-state index contributed by atoms with van der Waals surface area (Å²) in [5.74, 6) is 0.207. The molecule has 2 aromatic carbocycles. The first kappa shape index (κ1) is 19.5. The van der Waals surface area contributed by atoms with Crippen LogP contribution in [0.1, 0.15) is 0 Å². The fourth-order valence-electron chi connectivity index (χ4n) is 3.06. The van der Waals surface area contributed by atoms with Crippen molar-refractivity contribution in [1.82, 2.24) is 24.5 Å². The molecule has 11 heteroatoms. The minimum atomic E-state index is -0.927. The zero-order chi connectivity index (χ0) is 21.3. The number of aromatic nitrogens is 4. The highest BCUT2D eigenvalue weighted by atomic mass is 32.2. The van der Waals surface area contributed by atoms with Gasteiger partial charge in [-0.1, -0.05) is 30.0 Å². The number of carbonyl (C=O) groups excluding carboxylic acids is 2. The number of hydrogen-bond acceptors (Lipinski definition) is 7. The minimum absolute atomic E-state index is 0.101. The van der Waals surface area contributed by atoms with E-state index < -0.39 is 11.9 Å². The lowest BCUT2D eigenvalue weighted by Crippen LogP contribution is -2.36. The number of amides is 3. The number of ether oxygens (including phenoxy) is 1. The van der Waals surface area contributed by atoms with Gasteiger partial charge < -0.3 is 10.5 Å². The molecule has 0 radical (unpaired) electrons. The van der Waals surface area contributed by atoms with Gasteiger partial charge in [0.1, 0.15) is 5.75 Å². The largest absolute Gasteiger partial charge is 0.497 e. The molecule has 0 saturated carbocycles. The van der Waals surface area contributed by atoms with Crippen molar-refractivity contribution >= 4 is 40.4 Å². The number of benzene rings is 2. The van der Waals surface area contributed by atoms with E-state index in [4.69, 9.17) is 10.5 Å². The summed E-state index contributed by atoms with van der Waals surface area (Å²) in [5, 5.41) is 11.2. The number of nitrogens with zero attached hydrogens (tertiary/aromatic N) is 4. The summed E-state index contributed by atoms with van der Waals surface area (Å²) in [6.45, 7) is 0. The topological polar surface area (TPSA) is 134 Å². The second-order valence-electron chi connectivity index (χ2n) is 6.18. The summed E-state index contributed by atoms with van der Waals surface area (Å²) in [4.78, 5) is 35.9. The molecule has 3 amide bonds. The Hall–Kier alpha value is -3.86. The van der Waals surface area contributed by atoms with Crippen molar-refractivity contribution in [1.29, 1.82) is 0 Å². The molecule has 4 rings (SSSR count). The first-order valence-electron chi connectivity index (χ1n) is 8.75. The third-order valence-corrected chi connectivity index (χ3v) is 5.23. The Morgan fingerprint density at radius 2 is 1.97 bits per heavy atom. The predicted molar refractivity (Wildman–Crippen MR) is 111 cm³/mol. The molecule has 2 aromatic heterocycles. The highest BCUT2D eigenvalue weighted by Crippen LogP contribution is 2.24. The molecule has 30 heavy (non-hydrogen) atoms. The molecular formula is C19H16N6O4S. The first-order valence-corrected chi connectivity index (χ1v) is 9.73. The van der Waals surface area contributed by atoms with Crippen LogP contribution in [0.2, 0.25) is 0 Å². The van der Waals surface area contributed by atoms with E-state index in [9.17, 15) is 14.4 Å². The average Bonchev–Trinajstić information content (AvgIpc) is 3.16. The van der Waals surface area contributed by atoms with Gasteiger partial charge in [-0.2, -0.15) is 0 Å². The molecule has 0 atom stereocenters. The number of imide groups is 1. The Kier molecular flexibility index (Phi) is 5.11. The fourth-order valence-corrected chi connectivity index (χ4v) is 3.80. The van der Waals surface area contributed by atoms with Gasteiger partial charge in [0.05, 0.1) is 29.5 Å². The monoisotopic (exact) mass is 424 g/mol. The van der Waals surface area contributed by atoms with Crippen molar-refractivity contribution in [3.63, 3.8) is 0 Å². The van der Waals surface area contributed by atoms with E-state index in [1.165, 1.54) is 4.57 Å². The van der Waals surface area contributed by atoms with E-state index in [1.54, 1.807) is 60.0 Å². The number of urea groups is 1. The van der Waals surface area contributed by atoms with Crippen molar-refractivity contribution in [2.24, 2.45) is 5.73 Å².